The summed E-state index contributed by atoms with van der Waals surface area (Å²) in [4.78, 5) is 15.7. The normalized spacial score (nSPS) is 10.9. The molecule has 0 saturated heterocycles. The quantitative estimate of drug-likeness (QED) is 0.461. The van der Waals surface area contributed by atoms with Crippen LogP contribution in [0.4, 0.5) is 10.2 Å². The summed E-state index contributed by atoms with van der Waals surface area (Å²) in [6.07, 6.45) is 3.54. The number of hydrogen-bond donors (Lipinski definition) is 1. The van der Waals surface area contributed by atoms with E-state index < -0.39 is 0 Å². The second-order valence-corrected chi connectivity index (χ2v) is 6.55. The number of fused-ring (bicyclic) bond motifs is 1. The van der Waals surface area contributed by atoms with Crippen LogP contribution in [0.15, 0.2) is 41.0 Å². The first kappa shape index (κ1) is 18.3. The van der Waals surface area contributed by atoms with Crippen molar-refractivity contribution in [2.45, 2.75) is 19.3 Å². The van der Waals surface area contributed by atoms with Gasteiger partial charge in [-0.25, -0.2) is 9.37 Å². The maximum atomic E-state index is 14.2. The summed E-state index contributed by atoms with van der Waals surface area (Å²) >= 11 is 3.42. The smallest absolute Gasteiger partial charge is 0.305 e. The third-order valence-corrected chi connectivity index (χ3v) is 4.48. The molecule has 3 aromatic rings. The highest BCUT2D eigenvalue weighted by Gasteiger charge is 2.13. The molecule has 2 heterocycles. The molecule has 8 heteroatoms. The van der Waals surface area contributed by atoms with Gasteiger partial charge in [0.2, 0.25) is 0 Å². The number of ether oxygens (including phenoxy) is 1. The summed E-state index contributed by atoms with van der Waals surface area (Å²) in [5, 5.41) is 7.58. The molecule has 6 nitrogen and oxygen atoms in total. The first-order valence-corrected chi connectivity index (χ1v) is 8.99. The third kappa shape index (κ3) is 4.01. The van der Waals surface area contributed by atoms with Crippen molar-refractivity contribution in [3.63, 3.8) is 0 Å². The number of unbranched alkanes of at least 4 members (excludes halogenated alkanes) is 1. The Kier molecular flexibility index (Phi) is 5.82. The highest BCUT2D eigenvalue weighted by atomic mass is 79.9. The van der Waals surface area contributed by atoms with E-state index in [0.29, 0.717) is 35.7 Å². The van der Waals surface area contributed by atoms with Crippen LogP contribution in [0.5, 0.6) is 0 Å². The van der Waals surface area contributed by atoms with Gasteiger partial charge in [-0.2, -0.15) is 9.61 Å². The number of anilines is 1. The molecule has 0 atom stereocenters. The van der Waals surface area contributed by atoms with Crippen LogP contribution in [0.1, 0.15) is 19.3 Å². The van der Waals surface area contributed by atoms with Crippen molar-refractivity contribution in [3.05, 3.63) is 46.8 Å². The van der Waals surface area contributed by atoms with E-state index in [-0.39, 0.29) is 11.8 Å². The van der Waals surface area contributed by atoms with Crippen LogP contribution in [-0.4, -0.2) is 34.2 Å². The van der Waals surface area contributed by atoms with Crippen molar-refractivity contribution in [1.29, 1.82) is 0 Å². The van der Waals surface area contributed by atoms with E-state index >= 15 is 0 Å². The number of benzene rings is 1. The fraction of sp³-hybridized carbons (Fsp3) is 0.278. The first-order valence-electron chi connectivity index (χ1n) is 8.20. The summed E-state index contributed by atoms with van der Waals surface area (Å²) in [6.45, 7) is 0.643. The van der Waals surface area contributed by atoms with Crippen LogP contribution in [0.3, 0.4) is 0 Å². The lowest BCUT2D eigenvalue weighted by molar-refractivity contribution is -0.140. The van der Waals surface area contributed by atoms with E-state index in [1.54, 1.807) is 35.0 Å². The lowest BCUT2D eigenvalue weighted by Gasteiger charge is -2.11. The van der Waals surface area contributed by atoms with Gasteiger partial charge in [0.25, 0.3) is 0 Å². The molecule has 1 N–H and O–H groups in total. The highest BCUT2D eigenvalue weighted by Crippen LogP contribution is 2.27. The van der Waals surface area contributed by atoms with Gasteiger partial charge in [0.1, 0.15) is 11.6 Å². The summed E-state index contributed by atoms with van der Waals surface area (Å²) in [7, 11) is 1.38. The Balaban J connectivity index is 1.82. The van der Waals surface area contributed by atoms with Gasteiger partial charge in [-0.3, -0.25) is 4.79 Å². The molecule has 0 radical (unpaired) electrons. The molecule has 0 aliphatic carbocycles. The monoisotopic (exact) mass is 420 g/mol. The van der Waals surface area contributed by atoms with E-state index in [1.165, 1.54) is 13.2 Å². The van der Waals surface area contributed by atoms with Crippen LogP contribution in [0.25, 0.3) is 16.9 Å². The predicted octanol–water partition coefficient (Wildman–Crippen LogP) is 4.05. The van der Waals surface area contributed by atoms with Crippen LogP contribution in [-0.2, 0) is 9.53 Å². The SMILES string of the molecule is COC(=O)CCCCNc1cc(-c2ccccc2F)nc2c(Br)cnn12. The minimum absolute atomic E-state index is 0.214. The van der Waals surface area contributed by atoms with Gasteiger partial charge in [0, 0.05) is 24.6 Å². The molecule has 0 bridgehead atoms. The average molecular weight is 421 g/mol. The topological polar surface area (TPSA) is 68.5 Å². The van der Waals surface area contributed by atoms with Gasteiger partial charge in [0.05, 0.1) is 23.5 Å². The molecule has 136 valence electrons. The lowest BCUT2D eigenvalue weighted by atomic mass is 10.1. The van der Waals surface area contributed by atoms with Crippen molar-refractivity contribution < 1.29 is 13.9 Å². The number of methoxy groups -OCH3 is 1. The maximum absolute atomic E-state index is 14.2. The number of carbonyl (C=O) groups excluding carboxylic acids is 1. The molecule has 2 aromatic heterocycles. The van der Waals surface area contributed by atoms with Gasteiger partial charge < -0.3 is 10.1 Å². The summed E-state index contributed by atoms with van der Waals surface area (Å²) in [5.74, 6) is 0.162. The zero-order valence-corrected chi connectivity index (χ0v) is 15.8. The number of rotatable bonds is 7. The minimum Gasteiger partial charge on any atom is -0.469 e. The maximum Gasteiger partial charge on any atom is 0.305 e. The molecular weight excluding hydrogens is 403 g/mol. The summed E-state index contributed by atoms with van der Waals surface area (Å²) in [5.41, 5.74) is 1.55. The first-order chi connectivity index (χ1) is 12.6. The lowest BCUT2D eigenvalue weighted by Crippen LogP contribution is -2.09. The van der Waals surface area contributed by atoms with Crippen molar-refractivity contribution in [1.82, 2.24) is 14.6 Å². The molecule has 0 aliphatic heterocycles. The second-order valence-electron chi connectivity index (χ2n) is 5.69. The van der Waals surface area contributed by atoms with E-state index in [4.69, 9.17) is 0 Å². The van der Waals surface area contributed by atoms with Gasteiger partial charge >= 0.3 is 5.97 Å². The van der Waals surface area contributed by atoms with Crippen molar-refractivity contribution in [2.24, 2.45) is 0 Å². The van der Waals surface area contributed by atoms with Gasteiger partial charge in [0.15, 0.2) is 5.65 Å². The van der Waals surface area contributed by atoms with Crippen LogP contribution < -0.4 is 5.32 Å². The van der Waals surface area contributed by atoms with E-state index in [1.807, 2.05) is 0 Å². The van der Waals surface area contributed by atoms with E-state index in [0.717, 1.165) is 17.3 Å². The molecule has 0 unspecified atom stereocenters. The number of aromatic nitrogens is 3. The predicted molar refractivity (Wildman–Crippen MR) is 100 cm³/mol. The zero-order chi connectivity index (χ0) is 18.5. The molecule has 0 aliphatic rings. The highest BCUT2D eigenvalue weighted by molar-refractivity contribution is 9.10. The van der Waals surface area contributed by atoms with Crippen LogP contribution in [0.2, 0.25) is 0 Å². The number of halogens is 2. The fourth-order valence-electron chi connectivity index (χ4n) is 2.58. The molecule has 1 aromatic carbocycles. The molecule has 0 spiro atoms. The average Bonchev–Trinajstić information content (AvgIpc) is 3.02. The third-order valence-electron chi connectivity index (χ3n) is 3.92. The minimum atomic E-state index is -0.330. The largest absolute Gasteiger partial charge is 0.469 e. The van der Waals surface area contributed by atoms with E-state index in [2.05, 4.69) is 36.1 Å². The number of carbonyl (C=O) groups is 1. The number of esters is 1. The Bertz CT molecular complexity index is 929. The number of nitrogens with one attached hydrogen (secondary N) is 1. The Labute approximate surface area is 158 Å². The Hall–Kier alpha value is -2.48. The second kappa shape index (κ2) is 8.27. The summed E-state index contributed by atoms with van der Waals surface area (Å²) in [6, 6.07) is 8.29. The Morgan fingerprint density at radius 2 is 2.15 bits per heavy atom. The Morgan fingerprint density at radius 1 is 1.35 bits per heavy atom. The van der Waals surface area contributed by atoms with Crippen molar-refractivity contribution in [3.8, 4) is 11.3 Å². The summed E-state index contributed by atoms with van der Waals surface area (Å²) < 4.78 is 21.2. The molecule has 0 amide bonds. The van der Waals surface area contributed by atoms with Gasteiger partial charge in [-0.05, 0) is 40.9 Å². The van der Waals surface area contributed by atoms with Gasteiger partial charge in [-0.1, -0.05) is 12.1 Å². The fourth-order valence-corrected chi connectivity index (χ4v) is 2.93. The van der Waals surface area contributed by atoms with Crippen molar-refractivity contribution >= 4 is 33.4 Å². The standard InChI is InChI=1S/C18H18BrFN4O2/c1-26-17(25)8-4-5-9-21-16-10-15(12-6-2-3-7-14(12)20)23-18-13(19)11-22-24(16)18/h2-3,6-7,10-11,21H,4-5,8-9H2,1H3. The van der Waals surface area contributed by atoms with Crippen LogP contribution >= 0.6 is 15.9 Å². The van der Waals surface area contributed by atoms with Gasteiger partial charge in [-0.15, -0.1) is 0 Å². The van der Waals surface area contributed by atoms with Crippen molar-refractivity contribution in [2.75, 3.05) is 19.0 Å². The molecular formula is C18H18BrFN4O2. The zero-order valence-electron chi connectivity index (χ0n) is 14.2. The number of hydrogen-bond acceptors (Lipinski definition) is 5. The molecule has 0 saturated carbocycles. The van der Waals surface area contributed by atoms with Crippen LogP contribution in [0, 0.1) is 5.82 Å². The molecule has 26 heavy (non-hydrogen) atoms. The number of nitrogens with zero attached hydrogens (tertiary/aromatic N) is 3. The Morgan fingerprint density at radius 3 is 2.92 bits per heavy atom. The molecule has 0 fully saturated rings. The molecule has 3 rings (SSSR count). The van der Waals surface area contributed by atoms with E-state index in [9.17, 15) is 9.18 Å².